The van der Waals surface area contributed by atoms with Crippen LogP contribution in [0.3, 0.4) is 0 Å². The molecule has 2 aromatic rings. The number of nitrogens with zero attached hydrogens (tertiary/aromatic N) is 3. The second-order valence-corrected chi connectivity index (χ2v) is 9.62. The average molecular weight is 435 g/mol. The van der Waals surface area contributed by atoms with Crippen molar-refractivity contribution in [2.75, 3.05) is 32.8 Å². The monoisotopic (exact) mass is 435 g/mol. The Morgan fingerprint density at radius 2 is 1.80 bits per heavy atom. The molecule has 9 nitrogen and oxygen atoms in total. The van der Waals surface area contributed by atoms with E-state index in [1.807, 2.05) is 9.34 Å². The molecule has 0 spiro atoms. The zero-order valence-electron chi connectivity index (χ0n) is 15.9. The Kier molecular flexibility index (Phi) is 4.74. The van der Waals surface area contributed by atoms with Crippen molar-refractivity contribution in [2.45, 2.75) is 12.5 Å². The van der Waals surface area contributed by atoms with Crippen LogP contribution in [0.1, 0.15) is 18.1 Å². The van der Waals surface area contributed by atoms with Crippen molar-refractivity contribution in [3.63, 3.8) is 0 Å². The highest BCUT2D eigenvalue weighted by atomic mass is 31.2. The van der Waals surface area contributed by atoms with E-state index in [2.05, 4.69) is 0 Å². The van der Waals surface area contributed by atoms with Gasteiger partial charge in [0.05, 0.1) is 23.7 Å². The molecule has 2 aromatic carbocycles. The number of ether oxygens (including phenoxy) is 2. The maximum Gasteiger partial charge on any atom is 0.346 e. The summed E-state index contributed by atoms with van der Waals surface area (Å²) in [5.41, 5.74) is 0.270. The number of halogens is 1. The lowest BCUT2D eigenvalue weighted by molar-refractivity contribution is -0.385. The summed E-state index contributed by atoms with van der Waals surface area (Å²) in [6, 6.07) is 7.98. The highest BCUT2D eigenvalue weighted by molar-refractivity contribution is 7.54. The molecular weight excluding hydrogens is 416 g/mol. The van der Waals surface area contributed by atoms with E-state index in [4.69, 9.17) is 14.0 Å². The lowest BCUT2D eigenvalue weighted by atomic mass is 10.0. The predicted molar refractivity (Wildman–Crippen MR) is 104 cm³/mol. The van der Waals surface area contributed by atoms with E-state index >= 15 is 0 Å². The largest absolute Gasteiger partial charge is 0.493 e. The molecule has 3 aliphatic heterocycles. The third-order valence-corrected chi connectivity index (χ3v) is 7.90. The van der Waals surface area contributed by atoms with E-state index in [-0.39, 0.29) is 17.2 Å². The van der Waals surface area contributed by atoms with Crippen LogP contribution >= 0.6 is 7.67 Å². The van der Waals surface area contributed by atoms with Crippen molar-refractivity contribution < 1.29 is 27.9 Å². The molecule has 0 aromatic heterocycles. The number of rotatable bonds is 7. The maximum atomic E-state index is 13.4. The first-order chi connectivity index (χ1) is 14.4. The van der Waals surface area contributed by atoms with E-state index < -0.39 is 24.5 Å². The molecule has 0 N–H and O–H groups in total. The van der Waals surface area contributed by atoms with Crippen LogP contribution in [0.2, 0.25) is 0 Å². The summed E-state index contributed by atoms with van der Waals surface area (Å²) < 4.78 is 47.7. The highest BCUT2D eigenvalue weighted by Crippen LogP contribution is 2.64. The minimum atomic E-state index is -3.09. The summed E-state index contributed by atoms with van der Waals surface area (Å²) in [7, 11) is -3.09. The van der Waals surface area contributed by atoms with E-state index in [9.17, 15) is 19.1 Å². The van der Waals surface area contributed by atoms with Crippen LogP contribution in [0.25, 0.3) is 0 Å². The molecule has 5 rings (SSSR count). The summed E-state index contributed by atoms with van der Waals surface area (Å²) in [5, 5.41) is 11.6. The molecule has 3 aliphatic rings. The molecule has 158 valence electrons. The Morgan fingerprint density at radius 3 is 2.40 bits per heavy atom. The van der Waals surface area contributed by atoms with Gasteiger partial charge in [0.1, 0.15) is 17.3 Å². The minimum absolute atomic E-state index is 0.0160. The fourth-order valence-corrected chi connectivity index (χ4v) is 5.77. The van der Waals surface area contributed by atoms with Crippen LogP contribution in [0.15, 0.2) is 36.4 Å². The molecule has 30 heavy (non-hydrogen) atoms. The molecule has 1 unspecified atom stereocenters. The summed E-state index contributed by atoms with van der Waals surface area (Å²) in [6.07, 6.45) is -0.0795. The molecule has 0 saturated carbocycles. The molecule has 1 atom stereocenters. The SMILES string of the molecule is O=[N+]([O-])c1cc2c(cc1Oc1ccc(F)cc1)C(OP(=O)(N1CC1)N1CC1)CCO2. The van der Waals surface area contributed by atoms with Gasteiger partial charge in [0, 0.05) is 38.2 Å². The summed E-state index contributed by atoms with van der Waals surface area (Å²) in [6.45, 7) is 3.20. The fraction of sp³-hybridized carbons (Fsp3) is 0.368. The second-order valence-electron chi connectivity index (χ2n) is 7.30. The van der Waals surface area contributed by atoms with Crippen molar-refractivity contribution in [3.05, 3.63) is 57.9 Å². The van der Waals surface area contributed by atoms with Crippen LogP contribution in [-0.4, -0.2) is 47.1 Å². The van der Waals surface area contributed by atoms with E-state index in [1.54, 1.807) is 0 Å². The van der Waals surface area contributed by atoms with Gasteiger partial charge in [-0.3, -0.25) is 19.2 Å². The van der Waals surface area contributed by atoms with Crippen molar-refractivity contribution >= 4 is 13.4 Å². The van der Waals surface area contributed by atoms with Crippen LogP contribution in [0.5, 0.6) is 17.2 Å². The van der Waals surface area contributed by atoms with E-state index in [0.29, 0.717) is 24.3 Å². The topological polar surface area (TPSA) is 93.9 Å². The molecular formula is C19H19FN3O6P. The molecule has 0 aliphatic carbocycles. The number of nitro benzene ring substituents is 1. The third kappa shape index (κ3) is 3.67. The van der Waals surface area contributed by atoms with Gasteiger partial charge < -0.3 is 9.47 Å². The Hall–Kier alpha value is -2.52. The zero-order valence-corrected chi connectivity index (χ0v) is 16.8. The molecule has 0 amide bonds. The first-order valence-corrected chi connectivity index (χ1v) is 11.1. The van der Waals surface area contributed by atoms with Gasteiger partial charge in [-0.1, -0.05) is 0 Å². The van der Waals surface area contributed by atoms with Gasteiger partial charge >= 0.3 is 13.4 Å². The fourth-order valence-electron chi connectivity index (χ4n) is 3.41. The van der Waals surface area contributed by atoms with Crippen LogP contribution < -0.4 is 9.47 Å². The van der Waals surface area contributed by atoms with Crippen LogP contribution in [-0.2, 0) is 9.09 Å². The van der Waals surface area contributed by atoms with Gasteiger partial charge in [0.15, 0.2) is 0 Å². The van der Waals surface area contributed by atoms with Crippen LogP contribution in [0, 0.1) is 15.9 Å². The number of benzene rings is 2. The number of hydrogen-bond donors (Lipinski definition) is 0. The molecule has 2 fully saturated rings. The van der Waals surface area contributed by atoms with Gasteiger partial charge in [0.25, 0.3) is 0 Å². The normalized spacial score (nSPS) is 20.9. The average Bonchev–Trinajstić information content (AvgIpc) is 3.62. The predicted octanol–water partition coefficient (Wildman–Crippen LogP) is 4.11. The van der Waals surface area contributed by atoms with E-state index in [1.165, 1.54) is 36.4 Å². The van der Waals surface area contributed by atoms with Crippen molar-refractivity contribution in [3.8, 4) is 17.2 Å². The van der Waals surface area contributed by atoms with Crippen molar-refractivity contribution in [1.29, 1.82) is 0 Å². The first kappa shape index (κ1) is 19.4. The summed E-state index contributed by atoms with van der Waals surface area (Å²) in [4.78, 5) is 11.0. The Labute approximate surface area is 171 Å². The zero-order chi connectivity index (χ0) is 20.9. The number of hydrogen-bond acceptors (Lipinski definition) is 6. The standard InChI is InChI=1S/C19H19FN3O6P/c20-13-1-3-14(4-2-13)28-19-11-15-17(5-10-27-18(15)12-16(19)23(24)25)29-30(26,21-6-7-21)22-8-9-22/h1-4,11-12,17H,5-10H2. The molecule has 0 radical (unpaired) electrons. The van der Waals surface area contributed by atoms with Gasteiger partial charge in [0.2, 0.25) is 5.75 Å². The third-order valence-electron chi connectivity index (χ3n) is 5.14. The van der Waals surface area contributed by atoms with Gasteiger partial charge in [-0.15, -0.1) is 0 Å². The van der Waals surface area contributed by atoms with Crippen molar-refractivity contribution in [2.24, 2.45) is 0 Å². The second kappa shape index (κ2) is 7.31. The Balaban J connectivity index is 1.49. The molecule has 2 saturated heterocycles. The minimum Gasteiger partial charge on any atom is -0.493 e. The Bertz CT molecular complexity index is 1030. The smallest absolute Gasteiger partial charge is 0.346 e. The van der Waals surface area contributed by atoms with E-state index in [0.717, 1.165) is 26.2 Å². The van der Waals surface area contributed by atoms with Crippen LogP contribution in [0.4, 0.5) is 10.1 Å². The van der Waals surface area contributed by atoms with Gasteiger partial charge in [-0.05, 0) is 30.3 Å². The number of fused-ring (bicyclic) bond motifs is 1. The lowest BCUT2D eigenvalue weighted by Crippen LogP contribution is -2.19. The highest BCUT2D eigenvalue weighted by Gasteiger charge is 2.51. The van der Waals surface area contributed by atoms with Gasteiger partial charge in [-0.2, -0.15) is 0 Å². The van der Waals surface area contributed by atoms with Gasteiger partial charge in [-0.25, -0.2) is 13.7 Å². The molecule has 3 heterocycles. The summed E-state index contributed by atoms with van der Waals surface area (Å²) in [5.74, 6) is 0.114. The van der Waals surface area contributed by atoms with Crippen molar-refractivity contribution in [1.82, 2.24) is 9.34 Å². The lowest BCUT2D eigenvalue weighted by Gasteiger charge is -2.30. The quantitative estimate of drug-likeness (QED) is 0.278. The maximum absolute atomic E-state index is 13.4. The first-order valence-electron chi connectivity index (χ1n) is 9.62. The molecule has 11 heteroatoms. The number of nitro groups is 1. The summed E-state index contributed by atoms with van der Waals surface area (Å²) >= 11 is 0. The Morgan fingerprint density at radius 1 is 1.13 bits per heavy atom. The molecule has 0 bridgehead atoms.